The highest BCUT2D eigenvalue weighted by Crippen LogP contribution is 2.19. The smallest absolute Gasteiger partial charge is 0.415 e. The van der Waals surface area contributed by atoms with Crippen LogP contribution in [0.5, 0.6) is 0 Å². The van der Waals surface area contributed by atoms with Gasteiger partial charge in [0, 0.05) is 11.3 Å². The van der Waals surface area contributed by atoms with Crippen LogP contribution in [0.1, 0.15) is 21.6 Å². The van der Waals surface area contributed by atoms with Gasteiger partial charge in [-0.1, -0.05) is 30.3 Å². The number of nitrogens with two attached hydrogens (primary N) is 1. The van der Waals surface area contributed by atoms with Gasteiger partial charge in [0.05, 0.1) is 25.0 Å². The third-order valence-corrected chi connectivity index (χ3v) is 4.31. The van der Waals surface area contributed by atoms with Gasteiger partial charge in [0.2, 0.25) is 0 Å². The summed E-state index contributed by atoms with van der Waals surface area (Å²) >= 11 is 0. The van der Waals surface area contributed by atoms with Crippen LogP contribution in [0.2, 0.25) is 0 Å². The lowest BCUT2D eigenvalue weighted by Gasteiger charge is -2.20. The number of methoxy groups -OCH3 is 1. The number of benzene rings is 2. The highest BCUT2D eigenvalue weighted by atomic mass is 16.5. The Bertz CT molecular complexity index is 1020. The number of carbonyl (C=O) groups is 2. The average molecular weight is 390 g/mol. The quantitative estimate of drug-likeness (QED) is 0.642. The number of rotatable bonds is 5. The lowest BCUT2D eigenvalue weighted by atomic mass is 10.1. The zero-order valence-electron chi connectivity index (χ0n) is 16.3. The van der Waals surface area contributed by atoms with E-state index in [9.17, 15) is 9.59 Å². The van der Waals surface area contributed by atoms with E-state index in [1.165, 1.54) is 12.0 Å². The minimum atomic E-state index is -0.510. The van der Waals surface area contributed by atoms with E-state index in [1.54, 1.807) is 54.6 Å². The maximum absolute atomic E-state index is 12.5. The molecule has 2 aromatic carbocycles. The summed E-state index contributed by atoms with van der Waals surface area (Å²) in [5, 5.41) is 2.79. The molecule has 2 amide bonds. The number of carbonyl (C=O) groups excluding carboxylic acids is 2. The van der Waals surface area contributed by atoms with Crippen LogP contribution in [-0.2, 0) is 11.3 Å². The Morgan fingerprint density at radius 2 is 1.76 bits per heavy atom. The molecule has 0 saturated carbocycles. The minimum absolute atomic E-state index is 0.261. The monoisotopic (exact) mass is 390 g/mol. The van der Waals surface area contributed by atoms with E-state index in [2.05, 4.69) is 10.3 Å². The molecule has 0 unspecified atom stereocenters. The fourth-order valence-electron chi connectivity index (χ4n) is 2.78. The number of aryl methyl sites for hydroxylation is 1. The number of aromatic nitrogens is 1. The summed E-state index contributed by atoms with van der Waals surface area (Å²) in [4.78, 5) is 30.5. The van der Waals surface area contributed by atoms with Crippen molar-refractivity contribution in [1.82, 2.24) is 4.98 Å². The second-order valence-corrected chi connectivity index (χ2v) is 6.43. The first-order valence-electron chi connectivity index (χ1n) is 9.02. The average Bonchev–Trinajstić information content (AvgIpc) is 2.73. The van der Waals surface area contributed by atoms with Crippen LogP contribution in [0.25, 0.3) is 0 Å². The third kappa shape index (κ3) is 4.90. The summed E-state index contributed by atoms with van der Waals surface area (Å²) in [6, 6.07) is 19.5. The second-order valence-electron chi connectivity index (χ2n) is 6.43. The van der Waals surface area contributed by atoms with Gasteiger partial charge in [-0.25, -0.2) is 9.78 Å². The van der Waals surface area contributed by atoms with Gasteiger partial charge in [-0.3, -0.25) is 9.69 Å². The number of anilines is 3. The number of nitrogens with one attached hydrogen (secondary N) is 1. The minimum Gasteiger partial charge on any atom is -0.452 e. The Morgan fingerprint density at radius 1 is 1.03 bits per heavy atom. The summed E-state index contributed by atoms with van der Waals surface area (Å²) in [6.07, 6.45) is -0.510. The highest BCUT2D eigenvalue weighted by Gasteiger charge is 2.18. The van der Waals surface area contributed by atoms with Crippen molar-refractivity contribution in [2.75, 3.05) is 23.1 Å². The van der Waals surface area contributed by atoms with Crippen LogP contribution in [-0.4, -0.2) is 24.1 Å². The van der Waals surface area contributed by atoms with Crippen molar-refractivity contribution in [2.45, 2.75) is 13.5 Å². The molecule has 0 spiro atoms. The first-order chi connectivity index (χ1) is 14.0. The first kappa shape index (κ1) is 19.9. The molecule has 0 aliphatic heterocycles. The summed E-state index contributed by atoms with van der Waals surface area (Å²) in [7, 11) is 1.33. The van der Waals surface area contributed by atoms with Gasteiger partial charge in [0.1, 0.15) is 5.82 Å². The van der Waals surface area contributed by atoms with Gasteiger partial charge in [0.25, 0.3) is 5.91 Å². The fraction of sp³-hybridized carbons (Fsp3) is 0.136. The molecule has 0 aliphatic carbocycles. The molecule has 0 fully saturated rings. The van der Waals surface area contributed by atoms with Gasteiger partial charge in [-0.15, -0.1) is 0 Å². The number of amides is 2. The van der Waals surface area contributed by atoms with Crippen LogP contribution in [0.3, 0.4) is 0 Å². The Balaban J connectivity index is 1.75. The molecular formula is C22H22N4O3. The maximum Gasteiger partial charge on any atom is 0.415 e. The molecule has 1 heterocycles. The van der Waals surface area contributed by atoms with Crippen molar-refractivity contribution in [3.8, 4) is 0 Å². The summed E-state index contributed by atoms with van der Waals surface area (Å²) in [6.45, 7) is 2.11. The normalized spacial score (nSPS) is 10.3. The summed E-state index contributed by atoms with van der Waals surface area (Å²) < 4.78 is 4.89. The van der Waals surface area contributed by atoms with E-state index in [0.717, 1.165) is 11.3 Å². The van der Waals surface area contributed by atoms with Gasteiger partial charge in [-0.05, 0) is 48.9 Å². The van der Waals surface area contributed by atoms with Crippen LogP contribution in [0.4, 0.5) is 22.0 Å². The molecular weight excluding hydrogens is 368 g/mol. The number of nitrogen functional groups attached to an aromatic ring is 1. The molecule has 0 saturated heterocycles. The van der Waals surface area contributed by atoms with E-state index in [0.29, 0.717) is 22.8 Å². The molecule has 148 valence electrons. The molecule has 0 atom stereocenters. The van der Waals surface area contributed by atoms with Crippen molar-refractivity contribution in [1.29, 1.82) is 0 Å². The van der Waals surface area contributed by atoms with Gasteiger partial charge < -0.3 is 15.8 Å². The first-order valence-corrected chi connectivity index (χ1v) is 9.02. The van der Waals surface area contributed by atoms with Crippen LogP contribution >= 0.6 is 0 Å². The van der Waals surface area contributed by atoms with E-state index in [4.69, 9.17) is 10.5 Å². The van der Waals surface area contributed by atoms with Crippen LogP contribution in [0.15, 0.2) is 66.7 Å². The number of nitrogens with zero attached hydrogens (tertiary/aromatic N) is 2. The van der Waals surface area contributed by atoms with E-state index in [1.807, 2.05) is 19.1 Å². The number of pyridine rings is 1. The van der Waals surface area contributed by atoms with E-state index < -0.39 is 6.09 Å². The summed E-state index contributed by atoms with van der Waals surface area (Å²) in [5.74, 6) is 0.234. The van der Waals surface area contributed by atoms with E-state index in [-0.39, 0.29) is 12.5 Å². The lowest BCUT2D eigenvalue weighted by Crippen LogP contribution is -2.31. The van der Waals surface area contributed by atoms with Gasteiger partial charge in [-0.2, -0.15) is 0 Å². The van der Waals surface area contributed by atoms with Gasteiger partial charge in [0.15, 0.2) is 0 Å². The SMILES string of the molecule is COC(=O)N(Cc1ccc(C(=O)Nc2ccccc2N)cc1)c1cccc(C)n1. The molecule has 29 heavy (non-hydrogen) atoms. The lowest BCUT2D eigenvalue weighted by molar-refractivity contribution is 0.102. The molecule has 1 aromatic heterocycles. The van der Waals surface area contributed by atoms with Crippen molar-refractivity contribution >= 4 is 29.2 Å². The number of hydrogen-bond donors (Lipinski definition) is 2. The fourth-order valence-corrected chi connectivity index (χ4v) is 2.78. The molecule has 3 N–H and O–H groups in total. The van der Waals surface area contributed by atoms with Crippen molar-refractivity contribution in [2.24, 2.45) is 0 Å². The zero-order valence-corrected chi connectivity index (χ0v) is 16.3. The molecule has 0 bridgehead atoms. The molecule has 0 radical (unpaired) electrons. The van der Waals surface area contributed by atoms with Crippen molar-refractivity contribution in [3.05, 3.63) is 83.6 Å². The maximum atomic E-state index is 12.5. The number of ether oxygens (including phenoxy) is 1. The standard InChI is InChI=1S/C22H22N4O3/c1-15-6-5-9-20(24-15)26(22(28)29-2)14-16-10-12-17(13-11-16)21(27)25-19-8-4-3-7-18(19)23/h3-13H,14,23H2,1-2H3,(H,25,27). The number of hydrogen-bond acceptors (Lipinski definition) is 5. The third-order valence-electron chi connectivity index (χ3n) is 4.31. The molecule has 3 aromatic rings. The molecule has 0 aliphatic rings. The molecule has 7 nitrogen and oxygen atoms in total. The Kier molecular flexibility index (Phi) is 6.09. The molecule has 7 heteroatoms. The Morgan fingerprint density at radius 3 is 2.41 bits per heavy atom. The van der Waals surface area contributed by atoms with Crippen molar-refractivity contribution in [3.63, 3.8) is 0 Å². The predicted octanol–water partition coefficient (Wildman–Crippen LogP) is 4.00. The highest BCUT2D eigenvalue weighted by molar-refractivity contribution is 6.05. The number of para-hydroxylation sites is 2. The van der Waals surface area contributed by atoms with Crippen molar-refractivity contribution < 1.29 is 14.3 Å². The zero-order chi connectivity index (χ0) is 20.8. The largest absolute Gasteiger partial charge is 0.452 e. The Hall–Kier alpha value is -3.87. The summed E-state index contributed by atoms with van der Waals surface area (Å²) in [5.41, 5.74) is 9.02. The topological polar surface area (TPSA) is 97.5 Å². The van der Waals surface area contributed by atoms with Crippen LogP contribution < -0.4 is 16.0 Å². The Labute approximate surface area is 169 Å². The van der Waals surface area contributed by atoms with E-state index >= 15 is 0 Å². The predicted molar refractivity (Wildman–Crippen MR) is 113 cm³/mol. The molecule has 3 rings (SSSR count). The van der Waals surface area contributed by atoms with Gasteiger partial charge >= 0.3 is 6.09 Å². The van der Waals surface area contributed by atoms with Crippen LogP contribution in [0, 0.1) is 6.92 Å². The second kappa shape index (κ2) is 8.88.